The highest BCUT2D eigenvalue weighted by Gasteiger charge is 2.48. The number of esters is 2. The van der Waals surface area contributed by atoms with Gasteiger partial charge < -0.3 is 147 Å². The maximum Gasteiger partial charge on any atom is 0.373 e. The van der Waals surface area contributed by atoms with Gasteiger partial charge in [-0.15, -0.1) is 0 Å². The largest absolute Gasteiger partial charge is 0.479 e. The molecule has 2 aliphatic rings. The van der Waals surface area contributed by atoms with Crippen LogP contribution in [0.4, 0.5) is 0 Å². The van der Waals surface area contributed by atoms with Gasteiger partial charge in [0.1, 0.15) is 61.3 Å². The Kier molecular flexibility index (Phi) is 54.6. The SMILES string of the molecule is CC(=O)OCc1ccc(O[C@@H]2O[C@H](C(=O)O)[C@@H](O)[C@H](O)[C@H]2O)c(C(=O)NCCOCCOCCOCCOCCOCCC(=O)NCCCC[C@H](NC(=O)CCOCCOCCOCCOCCOCCNC(=O)c2cc(COC(C)=O)ccc2O[C@@H]2OC[C@@H](O)[C@H](O)[C@H]2O)C(=O)CCCOCCOCCON)c1.O=C=O. The molecule has 0 aliphatic carbocycles. The first-order valence-corrected chi connectivity index (χ1v) is 36.4. The number of aliphatic hydroxyl groups is 6. The molecule has 41 heteroatoms. The molecule has 10 atom stereocenters. The lowest BCUT2D eigenvalue weighted by atomic mass is 9.99. The summed E-state index contributed by atoms with van der Waals surface area (Å²) in [6.07, 6.45) is -12.8. The summed E-state index contributed by atoms with van der Waals surface area (Å²) in [6.45, 7) is 8.74. The van der Waals surface area contributed by atoms with Crippen molar-refractivity contribution in [2.45, 2.75) is 133 Å². The second kappa shape index (κ2) is 61.9. The number of Topliss-reactive ketones (excluding diaryl/α,β-unsaturated/α-hetero) is 1. The molecule has 636 valence electrons. The molecule has 41 nitrogen and oxygen atoms in total. The number of carbonyl (C=O) groups is 8. The van der Waals surface area contributed by atoms with Crippen LogP contribution in [0, 0.1) is 0 Å². The molecule has 13 N–H and O–H groups in total. The van der Waals surface area contributed by atoms with Gasteiger partial charge in [0.25, 0.3) is 11.8 Å². The number of carboxylic acids is 1. The fourth-order valence-electron chi connectivity index (χ4n) is 9.83. The number of nitrogens with one attached hydrogen (secondary N) is 4. The Hall–Kier alpha value is -7.50. The van der Waals surface area contributed by atoms with E-state index in [1.54, 1.807) is 6.07 Å². The molecule has 0 radical (unpaired) electrons. The number of ketones is 1. The van der Waals surface area contributed by atoms with Gasteiger partial charge in [-0.1, -0.05) is 12.1 Å². The normalized spacial score (nSPS) is 18.9. The zero-order valence-electron chi connectivity index (χ0n) is 63.2. The van der Waals surface area contributed by atoms with Crippen LogP contribution in [0.25, 0.3) is 0 Å². The molecule has 112 heavy (non-hydrogen) atoms. The van der Waals surface area contributed by atoms with E-state index in [0.717, 1.165) is 0 Å². The van der Waals surface area contributed by atoms with Crippen LogP contribution in [0.2, 0.25) is 0 Å². The van der Waals surface area contributed by atoms with E-state index in [1.165, 1.54) is 44.2 Å². The molecule has 0 aromatic heterocycles. The Bertz CT molecular complexity index is 3010. The van der Waals surface area contributed by atoms with Crippen molar-refractivity contribution in [3.63, 3.8) is 0 Å². The lowest BCUT2D eigenvalue weighted by Crippen LogP contribution is -2.61. The molecule has 0 bridgehead atoms. The number of hydrogen-bond acceptors (Lipinski definition) is 36. The average Bonchev–Trinajstić information content (AvgIpc) is 0.793. The van der Waals surface area contributed by atoms with Crippen molar-refractivity contribution < 1.29 is 174 Å². The highest BCUT2D eigenvalue weighted by molar-refractivity contribution is 5.98. The molecule has 2 saturated heterocycles. The Balaban J connectivity index is 0.0000106. The number of rotatable bonds is 64. The van der Waals surface area contributed by atoms with E-state index < -0.39 is 91.1 Å². The minimum Gasteiger partial charge on any atom is -0.479 e. The van der Waals surface area contributed by atoms with Crippen molar-refractivity contribution in [3.05, 3.63) is 58.7 Å². The molecule has 4 amide bonds. The van der Waals surface area contributed by atoms with Crippen LogP contribution in [0.1, 0.15) is 90.6 Å². The highest BCUT2D eigenvalue weighted by Crippen LogP contribution is 2.29. The maximum atomic E-state index is 13.3. The topological polar surface area (TPSA) is 562 Å². The Morgan fingerprint density at radius 3 is 1.30 bits per heavy atom. The summed E-state index contributed by atoms with van der Waals surface area (Å²) >= 11 is 0. The average molecular weight is 1610 g/mol. The molecule has 2 heterocycles. The number of aliphatic carboxylic acids is 1. The summed E-state index contributed by atoms with van der Waals surface area (Å²) in [6, 6.07) is 7.84. The zero-order chi connectivity index (χ0) is 81.9. The lowest BCUT2D eigenvalue weighted by molar-refractivity contribution is -0.271. The number of hydrogen-bond donors (Lipinski definition) is 12. The summed E-state index contributed by atoms with van der Waals surface area (Å²) in [7, 11) is 0. The van der Waals surface area contributed by atoms with Crippen molar-refractivity contribution in [2.75, 3.05) is 191 Å². The molecule has 2 aromatic rings. The molecular formula is C71H111N5O36. The second-order valence-corrected chi connectivity index (χ2v) is 24.3. The number of nitrogens with two attached hydrogens (primary N) is 1. The van der Waals surface area contributed by atoms with E-state index in [9.17, 15) is 74.1 Å². The fourth-order valence-corrected chi connectivity index (χ4v) is 9.83. The van der Waals surface area contributed by atoms with Crippen LogP contribution in [-0.4, -0.2) is 342 Å². The Morgan fingerprint density at radius 1 is 0.464 bits per heavy atom. The van der Waals surface area contributed by atoms with Gasteiger partial charge in [-0.25, -0.2) is 10.7 Å². The molecule has 0 saturated carbocycles. The minimum atomic E-state index is -1.95. The van der Waals surface area contributed by atoms with E-state index >= 15 is 0 Å². The number of unbranched alkanes of at least 4 members (excludes halogenated alkanes) is 1. The predicted octanol–water partition coefficient (Wildman–Crippen LogP) is -3.53. The van der Waals surface area contributed by atoms with Crippen LogP contribution in [0.5, 0.6) is 11.5 Å². The minimum absolute atomic E-state index is 0.0150. The number of aliphatic hydroxyl groups excluding tert-OH is 6. The molecule has 0 unspecified atom stereocenters. The second-order valence-electron chi connectivity index (χ2n) is 24.3. The summed E-state index contributed by atoms with van der Waals surface area (Å²) in [5.74, 6) is 0.222. The third kappa shape index (κ3) is 44.2. The molecule has 4 rings (SSSR count). The van der Waals surface area contributed by atoms with Crippen LogP contribution < -0.4 is 36.6 Å². The summed E-state index contributed by atoms with van der Waals surface area (Å²) in [5.41, 5.74) is 0.830. The lowest BCUT2D eigenvalue weighted by Gasteiger charge is -2.38. The highest BCUT2D eigenvalue weighted by atomic mass is 16.7. The maximum absolute atomic E-state index is 13.3. The van der Waals surface area contributed by atoms with Gasteiger partial charge in [0.2, 0.25) is 24.4 Å². The van der Waals surface area contributed by atoms with E-state index in [2.05, 4.69) is 26.1 Å². The van der Waals surface area contributed by atoms with Gasteiger partial charge in [0, 0.05) is 59.4 Å². The first-order valence-electron chi connectivity index (χ1n) is 36.4. The quantitative estimate of drug-likeness (QED) is 0.0173. The number of ether oxygens (including phenoxy) is 18. The molecule has 2 aromatic carbocycles. The molecule has 0 spiro atoms. The van der Waals surface area contributed by atoms with Gasteiger partial charge in [-0.2, -0.15) is 9.59 Å². The third-order valence-corrected chi connectivity index (χ3v) is 15.6. The van der Waals surface area contributed by atoms with Gasteiger partial charge in [-0.05, 0) is 61.1 Å². The van der Waals surface area contributed by atoms with Crippen LogP contribution >= 0.6 is 0 Å². The van der Waals surface area contributed by atoms with Gasteiger partial charge in [0.15, 0.2) is 11.9 Å². The number of amides is 4. The monoisotopic (exact) mass is 1610 g/mol. The number of carboxylic acid groups (broad SMARTS) is 1. The van der Waals surface area contributed by atoms with Crippen molar-refractivity contribution in [3.8, 4) is 11.5 Å². The fraction of sp³-hybridized carbons (Fsp3) is 0.704. The van der Waals surface area contributed by atoms with Gasteiger partial charge in [0.05, 0.1) is 182 Å². The van der Waals surface area contributed by atoms with E-state index in [1.807, 2.05) is 0 Å². The van der Waals surface area contributed by atoms with Crippen molar-refractivity contribution in [2.24, 2.45) is 5.90 Å². The first kappa shape index (κ1) is 98.7. The summed E-state index contributed by atoms with van der Waals surface area (Å²) in [5, 5.41) is 81.3. The van der Waals surface area contributed by atoms with Crippen molar-refractivity contribution in [1.82, 2.24) is 21.3 Å². The summed E-state index contributed by atoms with van der Waals surface area (Å²) in [4.78, 5) is 120. The van der Waals surface area contributed by atoms with E-state index in [0.29, 0.717) is 109 Å². The standard InChI is InChI=1S/C70H111N5O34.CO2/c1-47(76)103-44-49-8-10-56(107-69-63(85)60(82)55(79)46-105-69)51(42-49)66(87)73-15-20-94-25-30-98-35-39-101-37-33-97-29-24-93-19-13-59(81)75-53(54(78)7-5-17-91-22-27-102-40-41-106-71)6-3-4-14-72-58(80)12-18-92-23-28-96-32-36-100-38-34-99-31-26-95-21-16-74-67(88)52-43-50(45-104-48(2)77)9-11-57(52)108-70-64(86)61(83)62(84)65(109-70)68(89)90;2-1-3/h8-11,42-43,53,55,60-65,69-70,79,82-86H,3-7,12-41,44-46,71H2,1-2H3,(H,72,80)(H,73,87)(H,74,88)(H,75,81)(H,89,90);/t53-,55+,60-,61-,62-,63+,64+,65-,69-,70+;/m0./s1. The van der Waals surface area contributed by atoms with Gasteiger partial charge in [-0.3, -0.25) is 33.6 Å². The van der Waals surface area contributed by atoms with Crippen LogP contribution in [0.3, 0.4) is 0 Å². The molecule has 2 fully saturated rings. The first-order chi connectivity index (χ1) is 54.1. The van der Waals surface area contributed by atoms with Crippen molar-refractivity contribution in [1.29, 1.82) is 0 Å². The molecular weight excluding hydrogens is 1500 g/mol. The van der Waals surface area contributed by atoms with Gasteiger partial charge >= 0.3 is 24.1 Å². The predicted molar refractivity (Wildman–Crippen MR) is 379 cm³/mol. The zero-order valence-corrected chi connectivity index (χ0v) is 63.2. The van der Waals surface area contributed by atoms with E-state index in [-0.39, 0.29) is 198 Å². The van der Waals surface area contributed by atoms with Crippen molar-refractivity contribution >= 4 is 53.5 Å². The Morgan fingerprint density at radius 2 is 0.866 bits per heavy atom. The number of benzene rings is 2. The van der Waals surface area contributed by atoms with E-state index in [4.69, 9.17) is 101 Å². The van der Waals surface area contributed by atoms with Crippen LogP contribution in [0.15, 0.2) is 36.4 Å². The smallest absolute Gasteiger partial charge is 0.373 e. The molecule has 2 aliphatic heterocycles. The van der Waals surface area contributed by atoms with Crippen LogP contribution in [-0.2, 0) is 132 Å². The number of carbonyl (C=O) groups excluding carboxylic acids is 9. The third-order valence-electron chi connectivity index (χ3n) is 15.6. The summed E-state index contributed by atoms with van der Waals surface area (Å²) < 4.78 is 98.2. The Labute approximate surface area is 647 Å².